The molecule has 1 aromatic carbocycles. The summed E-state index contributed by atoms with van der Waals surface area (Å²) >= 11 is 11.7. The first-order chi connectivity index (χ1) is 15.8. The van der Waals surface area contributed by atoms with Crippen molar-refractivity contribution in [3.8, 4) is 0 Å². The number of anilines is 1. The summed E-state index contributed by atoms with van der Waals surface area (Å²) in [5.41, 5.74) is 0.601. The van der Waals surface area contributed by atoms with Crippen LogP contribution in [0.1, 0.15) is 45.8 Å². The molecule has 0 aliphatic carbocycles. The molecule has 174 valence electrons. The molecule has 0 atom stereocenters. The summed E-state index contributed by atoms with van der Waals surface area (Å²) in [4.78, 5) is 38.9. The van der Waals surface area contributed by atoms with Gasteiger partial charge in [0, 0.05) is 43.7 Å². The Bertz CT molecular complexity index is 1130. The number of carbonyl (C=O) groups is 2. The van der Waals surface area contributed by atoms with Crippen molar-refractivity contribution in [1.82, 2.24) is 19.9 Å². The molecular weight excluding hydrogens is 468 g/mol. The molecule has 0 aliphatic rings. The number of hydrogen-bond donors (Lipinski definition) is 2. The molecule has 33 heavy (non-hydrogen) atoms. The number of nitrogens with one attached hydrogen (secondary N) is 2. The van der Waals surface area contributed by atoms with Crippen molar-refractivity contribution in [2.75, 3.05) is 31.5 Å². The Kier molecular flexibility index (Phi) is 8.55. The molecule has 0 aliphatic heterocycles. The molecule has 2 heterocycles. The van der Waals surface area contributed by atoms with Crippen LogP contribution in [0.3, 0.4) is 0 Å². The molecule has 0 radical (unpaired) electrons. The SMILES string of the molecule is CCN(CC)CCNc1ncc(CC(=O)c2cc(C(=O)c3c(Cl)ccc(Cl)c3F)c[nH]2)cn1. The molecule has 0 saturated carbocycles. The van der Waals surface area contributed by atoms with Crippen LogP contribution in [0.5, 0.6) is 0 Å². The van der Waals surface area contributed by atoms with E-state index < -0.39 is 11.6 Å². The van der Waals surface area contributed by atoms with Gasteiger partial charge in [-0.2, -0.15) is 0 Å². The molecule has 0 fully saturated rings. The summed E-state index contributed by atoms with van der Waals surface area (Å²) in [5, 5.41) is 2.89. The number of likely N-dealkylation sites (N-methyl/N-ethyl adjacent to an activating group) is 1. The number of aromatic amines is 1. The van der Waals surface area contributed by atoms with Gasteiger partial charge in [0.15, 0.2) is 17.4 Å². The van der Waals surface area contributed by atoms with Crippen molar-refractivity contribution < 1.29 is 14.0 Å². The standard InChI is InChI=1S/C23H24Cl2FN5O2/c1-3-31(4-2)8-7-27-23-29-11-14(12-30-23)9-19(32)18-10-15(13-28-18)22(33)20-16(24)5-6-17(25)21(20)26/h5-6,10-13,28H,3-4,7-9H2,1-2H3,(H,27,29,30). The van der Waals surface area contributed by atoms with E-state index in [1.807, 2.05) is 0 Å². The van der Waals surface area contributed by atoms with Gasteiger partial charge in [0.25, 0.3) is 0 Å². The number of Topliss-reactive ketones (excluding diaryl/α,β-unsaturated/α-hetero) is 1. The monoisotopic (exact) mass is 491 g/mol. The molecule has 2 aromatic heterocycles. The van der Waals surface area contributed by atoms with E-state index in [0.29, 0.717) is 11.5 Å². The Morgan fingerprint density at radius 2 is 1.79 bits per heavy atom. The number of benzene rings is 1. The van der Waals surface area contributed by atoms with Gasteiger partial charge in [0.05, 0.1) is 21.3 Å². The second-order valence-corrected chi connectivity index (χ2v) is 8.13. The van der Waals surface area contributed by atoms with Crippen LogP contribution in [0.4, 0.5) is 10.3 Å². The zero-order valence-electron chi connectivity index (χ0n) is 18.3. The second kappa shape index (κ2) is 11.4. The van der Waals surface area contributed by atoms with Crippen molar-refractivity contribution >= 4 is 40.7 Å². The molecule has 0 spiro atoms. The number of nitrogens with zero attached hydrogens (tertiary/aromatic N) is 3. The zero-order chi connectivity index (χ0) is 24.0. The quantitative estimate of drug-likeness (QED) is 0.299. The summed E-state index contributed by atoms with van der Waals surface area (Å²) in [5.74, 6) is -1.34. The van der Waals surface area contributed by atoms with Crippen molar-refractivity contribution in [3.63, 3.8) is 0 Å². The third kappa shape index (κ3) is 6.16. The lowest BCUT2D eigenvalue weighted by Gasteiger charge is -2.17. The van der Waals surface area contributed by atoms with Crippen molar-refractivity contribution in [1.29, 1.82) is 0 Å². The van der Waals surface area contributed by atoms with Crippen LogP contribution in [0, 0.1) is 5.82 Å². The van der Waals surface area contributed by atoms with Gasteiger partial charge in [-0.3, -0.25) is 9.59 Å². The fourth-order valence-corrected chi connectivity index (χ4v) is 3.64. The van der Waals surface area contributed by atoms with Crippen molar-refractivity contribution in [3.05, 3.63) is 75.0 Å². The zero-order valence-corrected chi connectivity index (χ0v) is 19.8. The molecule has 2 N–H and O–H groups in total. The average molecular weight is 492 g/mol. The van der Waals surface area contributed by atoms with E-state index in [9.17, 15) is 14.0 Å². The highest BCUT2D eigenvalue weighted by molar-refractivity contribution is 6.37. The number of halogens is 3. The molecule has 0 unspecified atom stereocenters. The summed E-state index contributed by atoms with van der Waals surface area (Å²) in [6.07, 6.45) is 4.55. The van der Waals surface area contributed by atoms with Gasteiger partial charge in [-0.05, 0) is 36.9 Å². The third-order valence-corrected chi connectivity index (χ3v) is 5.80. The third-order valence-electron chi connectivity index (χ3n) is 5.19. The maximum atomic E-state index is 14.3. The minimum Gasteiger partial charge on any atom is -0.358 e. The molecule has 0 bridgehead atoms. The van der Waals surface area contributed by atoms with Gasteiger partial charge in [-0.15, -0.1) is 0 Å². The van der Waals surface area contributed by atoms with Gasteiger partial charge in [0.1, 0.15) is 0 Å². The number of ketones is 2. The molecule has 10 heteroatoms. The minimum atomic E-state index is -0.897. The van der Waals surface area contributed by atoms with Crippen LogP contribution >= 0.6 is 23.2 Å². The van der Waals surface area contributed by atoms with Crippen LogP contribution in [-0.4, -0.2) is 57.6 Å². The van der Waals surface area contributed by atoms with Crippen molar-refractivity contribution in [2.24, 2.45) is 0 Å². The summed E-state index contributed by atoms with van der Waals surface area (Å²) < 4.78 is 14.3. The van der Waals surface area contributed by atoms with Crippen LogP contribution in [0.2, 0.25) is 10.0 Å². The highest BCUT2D eigenvalue weighted by Crippen LogP contribution is 2.28. The Labute approximate surface area is 201 Å². The first-order valence-corrected chi connectivity index (χ1v) is 11.3. The van der Waals surface area contributed by atoms with Crippen LogP contribution < -0.4 is 5.32 Å². The average Bonchev–Trinajstić information content (AvgIpc) is 3.31. The summed E-state index contributed by atoms with van der Waals surface area (Å²) in [6.45, 7) is 7.78. The van der Waals surface area contributed by atoms with E-state index in [-0.39, 0.29) is 39.1 Å². The normalized spacial score (nSPS) is 11.1. The highest BCUT2D eigenvalue weighted by Gasteiger charge is 2.22. The highest BCUT2D eigenvalue weighted by atomic mass is 35.5. The van der Waals surface area contributed by atoms with E-state index in [1.54, 1.807) is 12.4 Å². The lowest BCUT2D eigenvalue weighted by Crippen LogP contribution is -2.28. The van der Waals surface area contributed by atoms with E-state index in [0.717, 1.165) is 26.2 Å². The van der Waals surface area contributed by atoms with Crippen LogP contribution in [0.15, 0.2) is 36.8 Å². The number of hydrogen-bond acceptors (Lipinski definition) is 6. The first-order valence-electron chi connectivity index (χ1n) is 10.5. The summed E-state index contributed by atoms with van der Waals surface area (Å²) in [7, 11) is 0. The van der Waals surface area contributed by atoms with Gasteiger partial charge in [-0.25, -0.2) is 14.4 Å². The van der Waals surface area contributed by atoms with Gasteiger partial charge >= 0.3 is 0 Å². The summed E-state index contributed by atoms with van der Waals surface area (Å²) in [6, 6.07) is 3.99. The van der Waals surface area contributed by atoms with E-state index in [1.165, 1.54) is 24.4 Å². The van der Waals surface area contributed by atoms with E-state index in [4.69, 9.17) is 23.2 Å². The Hall–Kier alpha value is -2.81. The maximum absolute atomic E-state index is 14.3. The second-order valence-electron chi connectivity index (χ2n) is 7.32. The number of aromatic nitrogens is 3. The molecule has 3 aromatic rings. The molecule has 0 amide bonds. The predicted molar refractivity (Wildman–Crippen MR) is 127 cm³/mol. The van der Waals surface area contributed by atoms with Gasteiger partial charge in [0.2, 0.25) is 5.95 Å². The predicted octanol–water partition coefficient (Wildman–Crippen LogP) is 4.66. The molecule has 3 rings (SSSR count). The molecular formula is C23H24Cl2FN5O2. The van der Waals surface area contributed by atoms with Gasteiger partial charge < -0.3 is 15.2 Å². The number of carbonyl (C=O) groups excluding carboxylic acids is 2. The lowest BCUT2D eigenvalue weighted by atomic mass is 10.0. The largest absolute Gasteiger partial charge is 0.358 e. The smallest absolute Gasteiger partial charge is 0.222 e. The topological polar surface area (TPSA) is 91.0 Å². The fourth-order valence-electron chi connectivity index (χ4n) is 3.25. The van der Waals surface area contributed by atoms with Crippen molar-refractivity contribution in [2.45, 2.75) is 20.3 Å². The van der Waals surface area contributed by atoms with E-state index in [2.05, 4.69) is 39.0 Å². The minimum absolute atomic E-state index is 0.0418. The molecule has 7 nitrogen and oxygen atoms in total. The number of H-pyrrole nitrogens is 1. The van der Waals surface area contributed by atoms with Crippen LogP contribution in [0.25, 0.3) is 0 Å². The Morgan fingerprint density at radius 3 is 2.45 bits per heavy atom. The number of rotatable bonds is 11. The Balaban J connectivity index is 1.62. The lowest BCUT2D eigenvalue weighted by molar-refractivity contribution is 0.0988. The molecule has 0 saturated heterocycles. The Morgan fingerprint density at radius 1 is 1.12 bits per heavy atom. The van der Waals surface area contributed by atoms with Crippen LogP contribution in [-0.2, 0) is 6.42 Å². The maximum Gasteiger partial charge on any atom is 0.222 e. The fraction of sp³-hybridized carbons (Fsp3) is 0.304. The van der Waals surface area contributed by atoms with Gasteiger partial charge in [-0.1, -0.05) is 37.0 Å². The van der Waals surface area contributed by atoms with E-state index >= 15 is 0 Å². The first kappa shape index (κ1) is 24.8.